The molecule has 0 saturated carbocycles. The maximum atomic E-state index is 12.6. The van der Waals surface area contributed by atoms with Crippen LogP contribution in [0.5, 0.6) is 0 Å². The van der Waals surface area contributed by atoms with Crippen molar-refractivity contribution in [1.82, 2.24) is 0 Å². The Morgan fingerprint density at radius 2 is 2.07 bits per heavy atom. The first-order valence-corrected chi connectivity index (χ1v) is 4.16. The molecule has 0 aliphatic carbocycles. The topological polar surface area (TPSA) is 53.8 Å². The summed E-state index contributed by atoms with van der Waals surface area (Å²) in [5, 5.41) is 10.3. The lowest BCUT2D eigenvalue weighted by Crippen LogP contribution is -3.07. The first kappa shape index (κ1) is 9.11. The summed E-state index contributed by atoms with van der Waals surface area (Å²) >= 11 is 0. The molecule has 0 radical (unpaired) electrons. The van der Waals surface area contributed by atoms with Gasteiger partial charge in [-0.05, 0) is 17.7 Å². The lowest BCUT2D eigenvalue weighted by Gasteiger charge is -2.07. The summed E-state index contributed by atoms with van der Waals surface area (Å²) in [6.45, 7) is 0.0461. The zero-order chi connectivity index (χ0) is 10.1. The van der Waals surface area contributed by atoms with Gasteiger partial charge >= 0.3 is 6.09 Å². The minimum Gasteiger partial charge on any atom is -0.624 e. The molecule has 2 rings (SSSR count). The van der Waals surface area contributed by atoms with E-state index >= 15 is 0 Å². The molecule has 5 heteroatoms. The molecule has 0 bridgehead atoms. The van der Waals surface area contributed by atoms with Gasteiger partial charge in [0.05, 0.1) is 0 Å². The number of cyclic esters (lactones) is 1. The Hall–Kier alpha value is -1.46. The third-order valence-electron chi connectivity index (χ3n) is 2.09. The van der Waals surface area contributed by atoms with E-state index in [1.54, 1.807) is 0 Å². The van der Waals surface area contributed by atoms with Crippen LogP contribution >= 0.6 is 0 Å². The van der Waals surface area contributed by atoms with E-state index < -0.39 is 17.3 Å². The fourth-order valence-corrected chi connectivity index (χ4v) is 1.35. The van der Waals surface area contributed by atoms with Crippen LogP contribution in [-0.4, -0.2) is 12.6 Å². The van der Waals surface area contributed by atoms with Crippen molar-refractivity contribution in [3.63, 3.8) is 0 Å². The monoisotopic (exact) mass is 197 g/mol. The average Bonchev–Trinajstić information content (AvgIpc) is 2.48. The molecule has 1 saturated heterocycles. The molecule has 1 fully saturated rings. The van der Waals surface area contributed by atoms with Crippen LogP contribution < -0.4 is 5.06 Å². The van der Waals surface area contributed by atoms with Gasteiger partial charge in [0.25, 0.3) is 0 Å². The minimum atomic E-state index is -0.806. The van der Waals surface area contributed by atoms with Gasteiger partial charge in [0.2, 0.25) is 0 Å². The van der Waals surface area contributed by atoms with Crippen molar-refractivity contribution >= 4 is 6.09 Å². The highest BCUT2D eigenvalue weighted by Gasteiger charge is 2.32. The number of alkyl carbamates (subject to hydrolysis) is 1. The molecule has 0 spiro atoms. The van der Waals surface area contributed by atoms with E-state index in [4.69, 9.17) is 4.74 Å². The summed E-state index contributed by atoms with van der Waals surface area (Å²) in [4.78, 5) is 10.8. The summed E-state index contributed by atoms with van der Waals surface area (Å²) in [7, 11) is 0. The number of amides is 1. The highest BCUT2D eigenvalue weighted by molar-refractivity contribution is 5.59. The van der Waals surface area contributed by atoms with E-state index in [9.17, 15) is 14.4 Å². The van der Waals surface area contributed by atoms with Crippen molar-refractivity contribution < 1.29 is 19.0 Å². The number of hydroxylamine groups is 2. The van der Waals surface area contributed by atoms with Crippen molar-refractivity contribution in [1.29, 1.82) is 0 Å². The second-order valence-electron chi connectivity index (χ2n) is 3.07. The SMILES string of the molecule is O=C1OC(c2ccc(F)cc2)C[NH+]1[O-]. The predicted octanol–water partition coefficient (Wildman–Crippen LogP) is 0.400. The number of halogens is 1. The number of hydrogen-bond donors (Lipinski definition) is 1. The lowest BCUT2D eigenvalue weighted by molar-refractivity contribution is -0.751. The number of carbonyl (C=O) groups excluding carboxylic acids is 1. The summed E-state index contributed by atoms with van der Waals surface area (Å²) < 4.78 is 17.3. The van der Waals surface area contributed by atoms with Gasteiger partial charge in [0, 0.05) is 0 Å². The highest BCUT2D eigenvalue weighted by atomic mass is 19.1. The standard InChI is InChI=1S/C9H8FNO3/c10-7-3-1-6(2-4-7)8-5-11(13)9(12)14-8/h1-4,8,11H,5H2. The Morgan fingerprint density at radius 1 is 1.43 bits per heavy atom. The van der Waals surface area contributed by atoms with Gasteiger partial charge in [-0.2, -0.15) is 4.79 Å². The maximum Gasteiger partial charge on any atom is 0.515 e. The van der Waals surface area contributed by atoms with Gasteiger partial charge in [0.1, 0.15) is 12.4 Å². The normalized spacial score (nSPS) is 26.3. The Labute approximate surface area is 79.5 Å². The third kappa shape index (κ3) is 1.59. The summed E-state index contributed by atoms with van der Waals surface area (Å²) in [5.41, 5.74) is 0.644. The molecule has 4 nitrogen and oxygen atoms in total. The van der Waals surface area contributed by atoms with Crippen LogP contribution in [0.2, 0.25) is 0 Å². The van der Waals surface area contributed by atoms with E-state index in [1.807, 2.05) is 0 Å². The average molecular weight is 197 g/mol. The molecule has 74 valence electrons. The molecular weight excluding hydrogens is 189 g/mol. The molecule has 1 amide bonds. The molecule has 1 aromatic carbocycles. The van der Waals surface area contributed by atoms with Crippen molar-refractivity contribution in [2.45, 2.75) is 6.10 Å². The molecule has 14 heavy (non-hydrogen) atoms. The predicted molar refractivity (Wildman–Crippen MR) is 44.8 cm³/mol. The molecule has 1 aliphatic heterocycles. The highest BCUT2D eigenvalue weighted by Crippen LogP contribution is 2.18. The molecule has 1 N–H and O–H groups in total. The van der Waals surface area contributed by atoms with E-state index in [0.29, 0.717) is 5.56 Å². The second-order valence-corrected chi connectivity index (χ2v) is 3.07. The molecule has 1 aromatic rings. The van der Waals surface area contributed by atoms with Crippen LogP contribution in [0.3, 0.4) is 0 Å². The van der Waals surface area contributed by atoms with Crippen molar-refractivity contribution in [3.8, 4) is 0 Å². The van der Waals surface area contributed by atoms with Crippen LogP contribution in [0, 0.1) is 11.0 Å². The fourth-order valence-electron chi connectivity index (χ4n) is 1.35. The molecule has 1 heterocycles. The van der Waals surface area contributed by atoms with Crippen LogP contribution in [-0.2, 0) is 4.74 Å². The van der Waals surface area contributed by atoms with Gasteiger partial charge in [-0.1, -0.05) is 12.1 Å². The van der Waals surface area contributed by atoms with Gasteiger partial charge in [-0.15, -0.1) is 0 Å². The zero-order valence-electron chi connectivity index (χ0n) is 7.20. The Morgan fingerprint density at radius 3 is 2.57 bits per heavy atom. The van der Waals surface area contributed by atoms with Crippen molar-refractivity contribution in [2.24, 2.45) is 0 Å². The Bertz CT molecular complexity index is 352. The van der Waals surface area contributed by atoms with E-state index in [2.05, 4.69) is 0 Å². The smallest absolute Gasteiger partial charge is 0.515 e. The van der Waals surface area contributed by atoms with Crippen LogP contribution in [0.1, 0.15) is 11.7 Å². The third-order valence-corrected chi connectivity index (χ3v) is 2.09. The number of rotatable bonds is 1. The Kier molecular flexibility index (Phi) is 2.18. The number of quaternary nitrogens is 1. The van der Waals surface area contributed by atoms with Gasteiger partial charge in [0.15, 0.2) is 6.10 Å². The largest absolute Gasteiger partial charge is 0.624 e. The van der Waals surface area contributed by atoms with E-state index in [-0.39, 0.29) is 12.4 Å². The van der Waals surface area contributed by atoms with Crippen molar-refractivity contribution in [2.75, 3.05) is 6.54 Å². The summed E-state index contributed by atoms with van der Waals surface area (Å²) in [6, 6.07) is 5.55. The quantitative estimate of drug-likeness (QED) is 0.663. The maximum absolute atomic E-state index is 12.6. The molecule has 2 atom stereocenters. The first-order chi connectivity index (χ1) is 6.66. The molecule has 2 unspecified atom stereocenters. The summed E-state index contributed by atoms with van der Waals surface area (Å²) in [6.07, 6.45) is -1.35. The van der Waals surface area contributed by atoms with Crippen LogP contribution in [0.4, 0.5) is 9.18 Å². The fraction of sp³-hybridized carbons (Fsp3) is 0.222. The number of ether oxygens (including phenoxy) is 1. The minimum absolute atomic E-state index is 0.0461. The zero-order valence-corrected chi connectivity index (χ0v) is 7.20. The Balaban J connectivity index is 2.17. The van der Waals surface area contributed by atoms with E-state index in [1.165, 1.54) is 24.3 Å². The van der Waals surface area contributed by atoms with Gasteiger partial charge in [-0.25, -0.2) is 4.39 Å². The number of hydrogen-bond acceptors (Lipinski definition) is 3. The number of benzene rings is 1. The van der Waals surface area contributed by atoms with Crippen molar-refractivity contribution in [3.05, 3.63) is 40.9 Å². The van der Waals surface area contributed by atoms with Gasteiger partial charge in [-0.3, -0.25) is 5.06 Å². The van der Waals surface area contributed by atoms with E-state index in [0.717, 1.165) is 0 Å². The van der Waals surface area contributed by atoms with Crippen LogP contribution in [0.25, 0.3) is 0 Å². The van der Waals surface area contributed by atoms with Gasteiger partial charge < -0.3 is 9.94 Å². The number of nitrogens with one attached hydrogen (secondary N) is 1. The number of carbonyl (C=O) groups is 1. The van der Waals surface area contributed by atoms with Crippen LogP contribution in [0.15, 0.2) is 24.3 Å². The molecular formula is C9H8FNO3. The summed E-state index contributed by atoms with van der Waals surface area (Å²) in [5.74, 6) is -0.357. The first-order valence-electron chi connectivity index (χ1n) is 4.16. The molecule has 1 aliphatic rings. The molecule has 0 aromatic heterocycles. The lowest BCUT2D eigenvalue weighted by atomic mass is 10.1. The second kappa shape index (κ2) is 3.36.